The van der Waals surface area contributed by atoms with Crippen molar-refractivity contribution in [1.29, 1.82) is 0 Å². The Morgan fingerprint density at radius 1 is 1.20 bits per heavy atom. The molecule has 2 aromatic heterocycles. The molecule has 0 aliphatic heterocycles. The van der Waals surface area contributed by atoms with Crippen LogP contribution in [-0.4, -0.2) is 21.9 Å². The second kappa shape index (κ2) is 7.41. The molecule has 0 saturated heterocycles. The van der Waals surface area contributed by atoms with Crippen LogP contribution >= 0.6 is 23.1 Å². The van der Waals surface area contributed by atoms with Crippen molar-refractivity contribution in [3.8, 4) is 10.8 Å². The Labute approximate surface area is 154 Å². The maximum atomic E-state index is 12.1. The number of nitrogens with one attached hydrogen (secondary N) is 1. The minimum Gasteiger partial charge on any atom is -0.410 e. The first-order valence-electron chi connectivity index (χ1n) is 7.82. The van der Waals surface area contributed by atoms with E-state index in [0.717, 1.165) is 10.6 Å². The molecule has 0 bridgehead atoms. The summed E-state index contributed by atoms with van der Waals surface area (Å²) in [6.45, 7) is 6.48. The third kappa shape index (κ3) is 4.70. The molecule has 1 N–H and O–H groups in total. The lowest BCUT2D eigenvalue weighted by molar-refractivity contribution is -0.113. The van der Waals surface area contributed by atoms with Gasteiger partial charge in [-0.3, -0.25) is 4.79 Å². The Balaban J connectivity index is 1.53. The molecule has 1 amide bonds. The van der Waals surface area contributed by atoms with E-state index in [1.165, 1.54) is 28.7 Å². The molecule has 0 saturated carbocycles. The summed E-state index contributed by atoms with van der Waals surface area (Å²) in [7, 11) is 0. The van der Waals surface area contributed by atoms with Gasteiger partial charge in [-0.25, -0.2) is 0 Å². The highest BCUT2D eigenvalue weighted by atomic mass is 32.2. The number of hydrogen-bond acceptors (Lipinski definition) is 6. The lowest BCUT2D eigenvalue weighted by Gasteiger charge is -2.19. The van der Waals surface area contributed by atoms with E-state index >= 15 is 0 Å². The summed E-state index contributed by atoms with van der Waals surface area (Å²) in [6, 6.07) is 11.8. The van der Waals surface area contributed by atoms with Gasteiger partial charge in [0, 0.05) is 5.69 Å². The molecule has 130 valence electrons. The quantitative estimate of drug-likeness (QED) is 0.649. The van der Waals surface area contributed by atoms with Crippen LogP contribution in [0.3, 0.4) is 0 Å². The van der Waals surface area contributed by atoms with Crippen molar-refractivity contribution in [2.45, 2.75) is 31.4 Å². The molecule has 0 spiro atoms. The predicted molar refractivity (Wildman–Crippen MR) is 102 cm³/mol. The van der Waals surface area contributed by atoms with Crippen LogP contribution in [0, 0.1) is 0 Å². The van der Waals surface area contributed by atoms with Crippen LogP contribution in [0.2, 0.25) is 0 Å². The number of benzene rings is 1. The third-order valence-electron chi connectivity index (χ3n) is 3.50. The van der Waals surface area contributed by atoms with Crippen molar-refractivity contribution in [2.75, 3.05) is 11.1 Å². The number of rotatable bonds is 5. The zero-order chi connectivity index (χ0) is 17.9. The zero-order valence-electron chi connectivity index (χ0n) is 14.3. The van der Waals surface area contributed by atoms with Gasteiger partial charge in [0.25, 0.3) is 11.1 Å². The largest absolute Gasteiger partial charge is 0.410 e. The summed E-state index contributed by atoms with van der Waals surface area (Å²) in [5.41, 5.74) is 2.10. The van der Waals surface area contributed by atoms with Crippen molar-refractivity contribution >= 4 is 34.7 Å². The highest BCUT2D eigenvalue weighted by molar-refractivity contribution is 7.99. The van der Waals surface area contributed by atoms with Crippen molar-refractivity contribution in [3.05, 3.63) is 47.3 Å². The smallest absolute Gasteiger partial charge is 0.277 e. The SMILES string of the molecule is CC(C)(C)c1ccc(NC(=O)CSc2nnc(-c3cccs3)o2)cc1. The second-order valence-corrected chi connectivity index (χ2v) is 8.39. The maximum Gasteiger partial charge on any atom is 0.277 e. The van der Waals surface area contributed by atoms with Crippen molar-refractivity contribution < 1.29 is 9.21 Å². The van der Waals surface area contributed by atoms with Crippen LogP contribution < -0.4 is 5.32 Å². The number of anilines is 1. The minimum atomic E-state index is -0.107. The van der Waals surface area contributed by atoms with Gasteiger partial charge < -0.3 is 9.73 Å². The van der Waals surface area contributed by atoms with Crippen molar-refractivity contribution in [1.82, 2.24) is 10.2 Å². The summed E-state index contributed by atoms with van der Waals surface area (Å²) in [4.78, 5) is 13.0. The minimum absolute atomic E-state index is 0.0939. The molecule has 1 aromatic carbocycles. The molecular formula is C18H19N3O2S2. The van der Waals surface area contributed by atoms with E-state index < -0.39 is 0 Å². The summed E-state index contributed by atoms with van der Waals surface area (Å²) in [5.74, 6) is 0.590. The lowest BCUT2D eigenvalue weighted by atomic mass is 9.87. The fraction of sp³-hybridized carbons (Fsp3) is 0.278. The average molecular weight is 374 g/mol. The average Bonchev–Trinajstić information content (AvgIpc) is 3.24. The molecular weight excluding hydrogens is 354 g/mol. The third-order valence-corrected chi connectivity index (χ3v) is 5.18. The molecule has 3 aromatic rings. The van der Waals surface area contributed by atoms with E-state index in [0.29, 0.717) is 11.1 Å². The van der Waals surface area contributed by atoms with Gasteiger partial charge in [-0.2, -0.15) is 0 Å². The Bertz CT molecular complexity index is 834. The first-order chi connectivity index (χ1) is 11.9. The Kier molecular flexibility index (Phi) is 5.24. The van der Waals surface area contributed by atoms with E-state index in [1.807, 2.05) is 41.8 Å². The number of amides is 1. The highest BCUT2D eigenvalue weighted by Gasteiger charge is 2.14. The van der Waals surface area contributed by atoms with Gasteiger partial charge in [0.2, 0.25) is 5.91 Å². The van der Waals surface area contributed by atoms with Crippen LogP contribution in [0.25, 0.3) is 10.8 Å². The van der Waals surface area contributed by atoms with Crippen LogP contribution in [0.4, 0.5) is 5.69 Å². The highest BCUT2D eigenvalue weighted by Crippen LogP contribution is 2.27. The molecule has 25 heavy (non-hydrogen) atoms. The van der Waals surface area contributed by atoms with Crippen LogP contribution in [0.15, 0.2) is 51.4 Å². The molecule has 0 aliphatic carbocycles. The van der Waals surface area contributed by atoms with Crippen LogP contribution in [-0.2, 0) is 10.2 Å². The number of hydrogen-bond donors (Lipinski definition) is 1. The molecule has 2 heterocycles. The number of nitrogens with zero attached hydrogens (tertiary/aromatic N) is 2. The summed E-state index contributed by atoms with van der Waals surface area (Å²) < 4.78 is 5.55. The Hall–Kier alpha value is -2.12. The number of thiophene rings is 1. The fourth-order valence-electron chi connectivity index (χ4n) is 2.15. The monoisotopic (exact) mass is 373 g/mol. The van der Waals surface area contributed by atoms with Crippen molar-refractivity contribution in [3.63, 3.8) is 0 Å². The molecule has 0 unspecified atom stereocenters. The van der Waals surface area contributed by atoms with Gasteiger partial charge in [0.05, 0.1) is 10.6 Å². The molecule has 0 atom stereocenters. The predicted octanol–water partition coefficient (Wildman–Crippen LogP) is 4.83. The van der Waals surface area contributed by atoms with Gasteiger partial charge in [-0.1, -0.05) is 50.7 Å². The lowest BCUT2D eigenvalue weighted by Crippen LogP contribution is -2.15. The first kappa shape index (κ1) is 17.7. The second-order valence-electron chi connectivity index (χ2n) is 6.51. The van der Waals surface area contributed by atoms with Gasteiger partial charge >= 0.3 is 0 Å². The Morgan fingerprint density at radius 3 is 2.60 bits per heavy atom. The molecule has 0 aliphatic rings. The Morgan fingerprint density at radius 2 is 1.96 bits per heavy atom. The van der Waals surface area contributed by atoms with E-state index in [1.54, 1.807) is 0 Å². The van der Waals surface area contributed by atoms with Crippen LogP contribution in [0.1, 0.15) is 26.3 Å². The standard InChI is InChI=1S/C18H19N3O2S2/c1-18(2,3)12-6-8-13(9-7-12)19-15(22)11-25-17-21-20-16(23-17)14-5-4-10-24-14/h4-10H,11H2,1-3H3,(H,19,22). The van der Waals surface area contributed by atoms with Crippen LogP contribution in [0.5, 0.6) is 0 Å². The maximum absolute atomic E-state index is 12.1. The molecule has 3 rings (SSSR count). The van der Waals surface area contributed by atoms with E-state index in [2.05, 4.69) is 36.3 Å². The molecule has 0 radical (unpaired) electrons. The first-order valence-corrected chi connectivity index (χ1v) is 9.69. The van der Waals surface area contributed by atoms with Gasteiger partial charge in [-0.05, 0) is 34.6 Å². The molecule has 0 fully saturated rings. The fourth-order valence-corrected chi connectivity index (χ4v) is 3.35. The number of carbonyl (C=O) groups is 1. The number of aromatic nitrogens is 2. The number of carbonyl (C=O) groups excluding carboxylic acids is 1. The summed E-state index contributed by atoms with van der Waals surface area (Å²) in [5, 5.41) is 13.2. The van der Waals surface area contributed by atoms with Gasteiger partial charge in [0.15, 0.2) is 0 Å². The molecule has 5 nitrogen and oxygen atoms in total. The number of thioether (sulfide) groups is 1. The molecule has 7 heteroatoms. The zero-order valence-corrected chi connectivity index (χ0v) is 15.9. The normalized spacial score (nSPS) is 11.5. The van der Waals surface area contributed by atoms with E-state index in [-0.39, 0.29) is 17.1 Å². The van der Waals surface area contributed by atoms with E-state index in [9.17, 15) is 4.79 Å². The van der Waals surface area contributed by atoms with E-state index in [4.69, 9.17) is 4.42 Å². The summed E-state index contributed by atoms with van der Waals surface area (Å²) in [6.07, 6.45) is 0. The van der Waals surface area contributed by atoms with Gasteiger partial charge in [0.1, 0.15) is 0 Å². The van der Waals surface area contributed by atoms with Crippen molar-refractivity contribution in [2.24, 2.45) is 0 Å². The van der Waals surface area contributed by atoms with Gasteiger partial charge in [-0.15, -0.1) is 21.5 Å². The topological polar surface area (TPSA) is 68.0 Å². The summed E-state index contributed by atoms with van der Waals surface area (Å²) >= 11 is 2.76.